The van der Waals surface area contributed by atoms with Crippen molar-refractivity contribution < 1.29 is 0 Å². The van der Waals surface area contributed by atoms with E-state index in [-0.39, 0.29) is 0 Å². The first-order valence-electron chi connectivity index (χ1n) is 9.84. The molecule has 0 aromatic heterocycles. The first-order valence-corrected chi connectivity index (χ1v) is 9.84. The van der Waals surface area contributed by atoms with Crippen molar-refractivity contribution in [3.8, 4) is 0 Å². The van der Waals surface area contributed by atoms with Gasteiger partial charge >= 0.3 is 0 Å². The molecule has 2 atom stereocenters. The first-order chi connectivity index (χ1) is 10.3. The van der Waals surface area contributed by atoms with Crippen molar-refractivity contribution in [1.82, 2.24) is 10.2 Å². The summed E-state index contributed by atoms with van der Waals surface area (Å²) in [6.07, 6.45) is 14.8. The van der Waals surface area contributed by atoms with E-state index in [1.54, 1.807) is 25.7 Å². The highest BCUT2D eigenvalue weighted by Gasteiger charge is 2.45. The van der Waals surface area contributed by atoms with E-state index >= 15 is 0 Å². The predicted molar refractivity (Wildman–Crippen MR) is 88.4 cm³/mol. The summed E-state index contributed by atoms with van der Waals surface area (Å²) in [4.78, 5) is 2.99. The average molecular weight is 290 g/mol. The van der Waals surface area contributed by atoms with Gasteiger partial charge in [0.05, 0.1) is 0 Å². The molecule has 0 radical (unpaired) electrons. The zero-order valence-electron chi connectivity index (χ0n) is 13.9. The minimum atomic E-state index is 0.816. The van der Waals surface area contributed by atoms with E-state index in [1.807, 2.05) is 0 Å². The second kappa shape index (κ2) is 6.20. The van der Waals surface area contributed by atoms with Crippen molar-refractivity contribution in [2.24, 2.45) is 17.8 Å². The van der Waals surface area contributed by atoms with E-state index < -0.39 is 0 Å². The van der Waals surface area contributed by atoms with Gasteiger partial charge in [-0.3, -0.25) is 4.90 Å². The van der Waals surface area contributed by atoms with Gasteiger partial charge in [-0.05, 0) is 82.1 Å². The summed E-state index contributed by atoms with van der Waals surface area (Å²) < 4.78 is 0. The van der Waals surface area contributed by atoms with Gasteiger partial charge in [0.25, 0.3) is 0 Å². The SMILES string of the molecule is CCCNC1CC2CCCC(C1)N2CC(C1CC1)C1CC1. The van der Waals surface area contributed by atoms with Crippen LogP contribution in [0, 0.1) is 17.8 Å². The molecule has 2 bridgehead atoms. The Bertz CT molecular complexity index is 321. The van der Waals surface area contributed by atoms with Crippen LogP contribution in [0.5, 0.6) is 0 Å². The monoisotopic (exact) mass is 290 g/mol. The molecule has 2 aliphatic heterocycles. The van der Waals surface area contributed by atoms with Crippen LogP contribution in [0.3, 0.4) is 0 Å². The molecule has 4 aliphatic rings. The largest absolute Gasteiger partial charge is 0.314 e. The van der Waals surface area contributed by atoms with E-state index in [4.69, 9.17) is 0 Å². The van der Waals surface area contributed by atoms with Crippen LogP contribution in [0.15, 0.2) is 0 Å². The van der Waals surface area contributed by atoms with Gasteiger partial charge in [-0.1, -0.05) is 13.3 Å². The molecule has 0 aromatic rings. The van der Waals surface area contributed by atoms with Crippen molar-refractivity contribution in [3.05, 3.63) is 0 Å². The molecule has 2 heterocycles. The standard InChI is InChI=1S/C19H34N2/c1-2-10-20-16-11-17-4-3-5-18(12-16)21(17)13-19(14-6-7-14)15-8-9-15/h14-20H,2-13H2,1H3. The quantitative estimate of drug-likeness (QED) is 0.767. The Hall–Kier alpha value is -0.0800. The summed E-state index contributed by atoms with van der Waals surface area (Å²) in [5.74, 6) is 3.32. The predicted octanol–water partition coefficient (Wildman–Crippen LogP) is 3.81. The highest BCUT2D eigenvalue weighted by Crippen LogP contribution is 2.50. The molecule has 2 unspecified atom stereocenters. The Balaban J connectivity index is 1.38. The Morgan fingerprint density at radius 1 is 0.952 bits per heavy atom. The minimum Gasteiger partial charge on any atom is -0.314 e. The van der Waals surface area contributed by atoms with E-state index in [0.717, 1.165) is 35.9 Å². The third-order valence-electron chi connectivity index (χ3n) is 6.69. The molecular formula is C19H34N2. The van der Waals surface area contributed by atoms with Crippen molar-refractivity contribution >= 4 is 0 Å². The van der Waals surface area contributed by atoms with Crippen LogP contribution in [-0.4, -0.2) is 36.1 Å². The summed E-state index contributed by atoms with van der Waals surface area (Å²) in [6.45, 7) is 4.97. The maximum Gasteiger partial charge on any atom is 0.0113 e. The zero-order chi connectivity index (χ0) is 14.2. The lowest BCUT2D eigenvalue weighted by molar-refractivity contribution is 0.00680. The number of nitrogens with zero attached hydrogens (tertiary/aromatic N) is 1. The molecule has 4 rings (SSSR count). The van der Waals surface area contributed by atoms with E-state index in [0.29, 0.717) is 0 Å². The minimum absolute atomic E-state index is 0.816. The highest BCUT2D eigenvalue weighted by molar-refractivity contribution is 4.99. The van der Waals surface area contributed by atoms with Gasteiger partial charge in [0.15, 0.2) is 0 Å². The van der Waals surface area contributed by atoms with Crippen molar-refractivity contribution in [1.29, 1.82) is 0 Å². The highest BCUT2D eigenvalue weighted by atomic mass is 15.2. The molecule has 2 saturated heterocycles. The Kier molecular flexibility index (Phi) is 4.28. The van der Waals surface area contributed by atoms with Gasteiger partial charge in [-0.2, -0.15) is 0 Å². The normalized spacial score (nSPS) is 37.1. The molecule has 21 heavy (non-hydrogen) atoms. The molecule has 0 spiro atoms. The number of nitrogens with one attached hydrogen (secondary N) is 1. The van der Waals surface area contributed by atoms with Gasteiger partial charge < -0.3 is 5.32 Å². The molecule has 0 aromatic carbocycles. The molecule has 1 N–H and O–H groups in total. The van der Waals surface area contributed by atoms with E-state index in [9.17, 15) is 0 Å². The first kappa shape index (κ1) is 14.5. The van der Waals surface area contributed by atoms with Gasteiger partial charge in [-0.25, -0.2) is 0 Å². The third-order valence-corrected chi connectivity index (χ3v) is 6.69. The fourth-order valence-electron chi connectivity index (χ4n) is 5.27. The molecule has 120 valence electrons. The molecule has 0 amide bonds. The van der Waals surface area contributed by atoms with Crippen LogP contribution in [0.4, 0.5) is 0 Å². The molecule has 4 fully saturated rings. The summed E-state index contributed by atoms with van der Waals surface area (Å²) in [6, 6.07) is 2.63. The lowest BCUT2D eigenvalue weighted by atomic mass is 9.80. The lowest BCUT2D eigenvalue weighted by Crippen LogP contribution is -2.57. The summed E-state index contributed by atoms with van der Waals surface area (Å²) >= 11 is 0. The lowest BCUT2D eigenvalue weighted by Gasteiger charge is -2.50. The maximum absolute atomic E-state index is 3.82. The second-order valence-electron chi connectivity index (χ2n) is 8.40. The van der Waals surface area contributed by atoms with Crippen LogP contribution in [0.2, 0.25) is 0 Å². The number of piperidine rings is 2. The Labute approximate surface area is 131 Å². The van der Waals surface area contributed by atoms with Crippen LogP contribution >= 0.6 is 0 Å². The molecule has 2 saturated carbocycles. The molecule has 2 nitrogen and oxygen atoms in total. The maximum atomic E-state index is 3.82. The fraction of sp³-hybridized carbons (Fsp3) is 1.00. The zero-order valence-corrected chi connectivity index (χ0v) is 13.9. The topological polar surface area (TPSA) is 15.3 Å². The number of fused-ring (bicyclic) bond motifs is 2. The Morgan fingerprint density at radius 3 is 2.10 bits per heavy atom. The number of hydrogen-bond acceptors (Lipinski definition) is 2. The molecule has 2 aliphatic carbocycles. The van der Waals surface area contributed by atoms with Crippen molar-refractivity contribution in [3.63, 3.8) is 0 Å². The number of rotatable bonds is 7. The van der Waals surface area contributed by atoms with Crippen molar-refractivity contribution in [2.45, 2.75) is 89.3 Å². The third kappa shape index (κ3) is 3.32. The molecule has 2 heteroatoms. The van der Waals surface area contributed by atoms with Gasteiger partial charge in [0, 0.05) is 24.7 Å². The summed E-state index contributed by atoms with van der Waals surface area (Å²) in [7, 11) is 0. The van der Waals surface area contributed by atoms with Gasteiger partial charge in [-0.15, -0.1) is 0 Å². The van der Waals surface area contributed by atoms with E-state index in [2.05, 4.69) is 17.1 Å². The smallest absolute Gasteiger partial charge is 0.0113 e. The Morgan fingerprint density at radius 2 is 1.57 bits per heavy atom. The summed E-state index contributed by atoms with van der Waals surface area (Å²) in [5, 5.41) is 3.82. The fourth-order valence-corrected chi connectivity index (χ4v) is 5.27. The molecular weight excluding hydrogens is 256 g/mol. The summed E-state index contributed by atoms with van der Waals surface area (Å²) in [5.41, 5.74) is 0. The van der Waals surface area contributed by atoms with Crippen LogP contribution in [0.1, 0.15) is 71.1 Å². The van der Waals surface area contributed by atoms with Crippen LogP contribution in [-0.2, 0) is 0 Å². The second-order valence-corrected chi connectivity index (χ2v) is 8.40. The van der Waals surface area contributed by atoms with Crippen LogP contribution in [0.25, 0.3) is 0 Å². The van der Waals surface area contributed by atoms with Gasteiger partial charge in [0.1, 0.15) is 0 Å². The average Bonchev–Trinajstić information content (AvgIpc) is 3.36. The van der Waals surface area contributed by atoms with Crippen LogP contribution < -0.4 is 5.32 Å². The van der Waals surface area contributed by atoms with E-state index in [1.165, 1.54) is 51.6 Å². The van der Waals surface area contributed by atoms with Crippen molar-refractivity contribution in [2.75, 3.05) is 13.1 Å². The van der Waals surface area contributed by atoms with Gasteiger partial charge in [0.2, 0.25) is 0 Å². The number of hydrogen-bond donors (Lipinski definition) is 1.